The summed E-state index contributed by atoms with van der Waals surface area (Å²) in [6, 6.07) is 12.0. The van der Waals surface area contributed by atoms with Gasteiger partial charge < -0.3 is 5.32 Å². The zero-order valence-electron chi connectivity index (χ0n) is 13.8. The fraction of sp³-hybridized carbons (Fsp3) is 0.211. The van der Waals surface area contributed by atoms with Gasteiger partial charge in [-0.1, -0.05) is 18.2 Å². The maximum Gasteiger partial charge on any atom is 0.225 e. The molecule has 0 atom stereocenters. The number of amides is 1. The van der Waals surface area contributed by atoms with Crippen molar-refractivity contribution < 1.29 is 9.18 Å². The molecular weight excluding hydrogens is 337 g/mol. The largest absolute Gasteiger partial charge is 0.355 e. The van der Waals surface area contributed by atoms with Crippen molar-refractivity contribution in [3.8, 4) is 10.7 Å². The van der Waals surface area contributed by atoms with Crippen molar-refractivity contribution in [2.75, 3.05) is 6.54 Å². The highest BCUT2D eigenvalue weighted by molar-refractivity contribution is 7.15. The Balaban J connectivity index is 1.54. The molecule has 6 heteroatoms. The number of carbonyl (C=O) groups is 1. The molecule has 1 aromatic carbocycles. The minimum absolute atomic E-state index is 0.0403. The van der Waals surface area contributed by atoms with E-state index in [1.165, 1.54) is 23.5 Å². The molecule has 0 fully saturated rings. The number of aromatic nitrogens is 2. The highest BCUT2D eigenvalue weighted by atomic mass is 32.1. The van der Waals surface area contributed by atoms with Gasteiger partial charge in [0.25, 0.3) is 0 Å². The van der Waals surface area contributed by atoms with Gasteiger partial charge in [0.05, 0.1) is 17.8 Å². The first kappa shape index (κ1) is 17.2. The van der Waals surface area contributed by atoms with E-state index in [1.807, 2.05) is 25.1 Å². The predicted molar refractivity (Wildman–Crippen MR) is 96.9 cm³/mol. The van der Waals surface area contributed by atoms with Crippen LogP contribution >= 0.6 is 11.3 Å². The monoisotopic (exact) mass is 355 g/mol. The Bertz CT molecular complexity index is 847. The van der Waals surface area contributed by atoms with Gasteiger partial charge >= 0.3 is 0 Å². The first-order valence-corrected chi connectivity index (χ1v) is 8.82. The normalized spacial score (nSPS) is 10.6. The van der Waals surface area contributed by atoms with Crippen LogP contribution in [0.3, 0.4) is 0 Å². The summed E-state index contributed by atoms with van der Waals surface area (Å²) < 4.78 is 12.9. The van der Waals surface area contributed by atoms with Crippen molar-refractivity contribution in [3.63, 3.8) is 0 Å². The number of thiazole rings is 1. The molecule has 1 N–H and O–H groups in total. The molecule has 128 valence electrons. The summed E-state index contributed by atoms with van der Waals surface area (Å²) in [6.07, 6.45) is 2.71. The fourth-order valence-electron chi connectivity index (χ4n) is 2.40. The molecule has 0 spiro atoms. The number of benzene rings is 1. The molecule has 2 aromatic heterocycles. The van der Waals surface area contributed by atoms with E-state index in [0.29, 0.717) is 19.4 Å². The topological polar surface area (TPSA) is 54.9 Å². The second kappa shape index (κ2) is 7.98. The van der Waals surface area contributed by atoms with Crippen LogP contribution in [0.5, 0.6) is 0 Å². The number of hydrogen-bond donors (Lipinski definition) is 1. The molecule has 3 rings (SSSR count). The van der Waals surface area contributed by atoms with Gasteiger partial charge in [0.2, 0.25) is 5.91 Å². The van der Waals surface area contributed by atoms with E-state index in [-0.39, 0.29) is 11.7 Å². The number of rotatable bonds is 6. The highest BCUT2D eigenvalue weighted by Crippen LogP contribution is 2.26. The Kier molecular flexibility index (Phi) is 5.50. The molecule has 0 aliphatic rings. The first-order valence-electron chi connectivity index (χ1n) is 8.00. The lowest BCUT2D eigenvalue weighted by Crippen LogP contribution is -2.27. The van der Waals surface area contributed by atoms with Crippen LogP contribution in [0.15, 0.2) is 48.7 Å². The van der Waals surface area contributed by atoms with Crippen molar-refractivity contribution in [3.05, 3.63) is 70.6 Å². The molecule has 0 unspecified atom stereocenters. The smallest absolute Gasteiger partial charge is 0.225 e. The molecule has 3 aromatic rings. The van der Waals surface area contributed by atoms with E-state index >= 15 is 0 Å². The number of carbonyl (C=O) groups excluding carboxylic acids is 1. The van der Waals surface area contributed by atoms with Crippen molar-refractivity contribution in [1.29, 1.82) is 0 Å². The zero-order chi connectivity index (χ0) is 17.6. The maximum absolute atomic E-state index is 12.9. The van der Waals surface area contributed by atoms with Crippen LogP contribution in [-0.2, 0) is 17.6 Å². The van der Waals surface area contributed by atoms with E-state index in [1.54, 1.807) is 18.3 Å². The van der Waals surface area contributed by atoms with E-state index in [0.717, 1.165) is 26.8 Å². The molecule has 0 bridgehead atoms. The van der Waals surface area contributed by atoms with Gasteiger partial charge in [0, 0.05) is 17.6 Å². The molecule has 0 aliphatic heterocycles. The molecule has 2 heterocycles. The van der Waals surface area contributed by atoms with E-state index < -0.39 is 0 Å². The molecule has 1 amide bonds. The summed E-state index contributed by atoms with van der Waals surface area (Å²) in [7, 11) is 0. The van der Waals surface area contributed by atoms with Gasteiger partial charge in [-0.3, -0.25) is 9.78 Å². The van der Waals surface area contributed by atoms with Gasteiger partial charge in [-0.15, -0.1) is 11.3 Å². The Morgan fingerprint density at radius 3 is 2.72 bits per heavy atom. The number of halogens is 1. The molecule has 0 radical (unpaired) electrons. The minimum Gasteiger partial charge on any atom is -0.355 e. The Morgan fingerprint density at radius 1 is 1.20 bits per heavy atom. The second-order valence-corrected chi connectivity index (χ2v) is 6.73. The molecule has 0 aliphatic carbocycles. The van der Waals surface area contributed by atoms with Gasteiger partial charge in [0.15, 0.2) is 0 Å². The van der Waals surface area contributed by atoms with E-state index in [2.05, 4.69) is 15.3 Å². The third-order valence-electron chi connectivity index (χ3n) is 3.75. The van der Waals surface area contributed by atoms with Crippen molar-refractivity contribution in [1.82, 2.24) is 15.3 Å². The van der Waals surface area contributed by atoms with Crippen molar-refractivity contribution >= 4 is 17.2 Å². The van der Waals surface area contributed by atoms with Crippen LogP contribution in [0.1, 0.15) is 16.1 Å². The van der Waals surface area contributed by atoms with Crippen LogP contribution in [0.4, 0.5) is 4.39 Å². The van der Waals surface area contributed by atoms with E-state index in [4.69, 9.17) is 0 Å². The van der Waals surface area contributed by atoms with Crippen LogP contribution in [0, 0.1) is 12.7 Å². The van der Waals surface area contributed by atoms with Crippen LogP contribution in [0.25, 0.3) is 10.7 Å². The average molecular weight is 355 g/mol. The fourth-order valence-corrected chi connectivity index (χ4v) is 3.43. The molecule has 4 nitrogen and oxygen atoms in total. The lowest BCUT2D eigenvalue weighted by Gasteiger charge is -2.05. The molecule has 0 saturated heterocycles. The van der Waals surface area contributed by atoms with Crippen LogP contribution in [0.2, 0.25) is 0 Å². The van der Waals surface area contributed by atoms with Gasteiger partial charge in [-0.2, -0.15) is 0 Å². The minimum atomic E-state index is -0.253. The lowest BCUT2D eigenvalue weighted by atomic mass is 10.1. The Morgan fingerprint density at radius 2 is 2.00 bits per heavy atom. The number of aryl methyl sites for hydroxylation is 1. The van der Waals surface area contributed by atoms with Gasteiger partial charge in [0.1, 0.15) is 10.8 Å². The van der Waals surface area contributed by atoms with Crippen molar-refractivity contribution in [2.24, 2.45) is 0 Å². The number of pyridine rings is 1. The average Bonchev–Trinajstić information content (AvgIpc) is 2.98. The predicted octanol–water partition coefficient (Wildman–Crippen LogP) is 3.55. The second-order valence-electron chi connectivity index (χ2n) is 5.65. The highest BCUT2D eigenvalue weighted by Gasteiger charge is 2.13. The Hall–Kier alpha value is -2.60. The summed E-state index contributed by atoms with van der Waals surface area (Å²) in [5.74, 6) is -0.293. The number of nitrogens with zero attached hydrogens (tertiary/aromatic N) is 2. The van der Waals surface area contributed by atoms with Crippen molar-refractivity contribution in [2.45, 2.75) is 19.8 Å². The molecule has 25 heavy (non-hydrogen) atoms. The van der Waals surface area contributed by atoms with Crippen LogP contribution in [-0.4, -0.2) is 22.4 Å². The third kappa shape index (κ3) is 4.70. The third-order valence-corrected chi connectivity index (χ3v) is 4.93. The van der Waals surface area contributed by atoms with Crippen LogP contribution < -0.4 is 5.32 Å². The first-order chi connectivity index (χ1) is 12.1. The number of hydrogen-bond acceptors (Lipinski definition) is 4. The summed E-state index contributed by atoms with van der Waals surface area (Å²) >= 11 is 1.50. The SMILES string of the molecule is Cc1nc(-c2ccccn2)sc1CC(=O)NCCc1ccc(F)cc1. The quantitative estimate of drug-likeness (QED) is 0.736. The summed E-state index contributed by atoms with van der Waals surface area (Å²) in [5, 5.41) is 3.73. The maximum atomic E-state index is 12.9. The van der Waals surface area contributed by atoms with E-state index in [9.17, 15) is 9.18 Å². The zero-order valence-corrected chi connectivity index (χ0v) is 14.6. The Labute approximate surface area is 149 Å². The summed E-state index contributed by atoms with van der Waals surface area (Å²) in [5.41, 5.74) is 2.67. The van der Waals surface area contributed by atoms with Gasteiger partial charge in [-0.25, -0.2) is 9.37 Å². The molecular formula is C19H18FN3OS. The number of nitrogens with one attached hydrogen (secondary N) is 1. The standard InChI is InChI=1S/C19H18FN3OS/c1-13-17(25-19(23-13)16-4-2-3-10-21-16)12-18(24)22-11-9-14-5-7-15(20)8-6-14/h2-8,10H,9,11-12H2,1H3,(H,22,24). The molecule has 0 saturated carbocycles. The summed E-state index contributed by atoms with van der Waals surface area (Å²) in [6.45, 7) is 2.43. The van der Waals surface area contributed by atoms with Gasteiger partial charge in [-0.05, 0) is 43.2 Å². The summed E-state index contributed by atoms with van der Waals surface area (Å²) in [4.78, 5) is 21.9. The lowest BCUT2D eigenvalue weighted by molar-refractivity contribution is -0.120.